The summed E-state index contributed by atoms with van der Waals surface area (Å²) in [4.78, 5) is 28.7. The van der Waals surface area contributed by atoms with Crippen LogP contribution in [0.3, 0.4) is 0 Å². The van der Waals surface area contributed by atoms with Crippen molar-refractivity contribution in [3.05, 3.63) is 64.2 Å². The van der Waals surface area contributed by atoms with Crippen LogP contribution in [0.1, 0.15) is 26.3 Å². The normalized spacial score (nSPS) is 11.2. The number of rotatable bonds is 7. The molecule has 0 unspecified atom stereocenters. The first-order valence-electron chi connectivity index (χ1n) is 9.50. The quantitative estimate of drug-likeness (QED) is 0.342. The van der Waals surface area contributed by atoms with E-state index in [1.54, 1.807) is 37.8 Å². The number of carbonyl (C=O) groups excluding carboxylic acids is 1. The predicted octanol–water partition coefficient (Wildman–Crippen LogP) is 3.58. The van der Waals surface area contributed by atoms with E-state index < -0.39 is 16.5 Å². The van der Waals surface area contributed by atoms with Crippen LogP contribution in [0.15, 0.2) is 53.1 Å². The van der Waals surface area contributed by atoms with Gasteiger partial charge in [-0.1, -0.05) is 29.4 Å². The minimum Gasteiger partial charge on any atom is -0.459 e. The van der Waals surface area contributed by atoms with Crippen LogP contribution in [0.2, 0.25) is 0 Å². The maximum absolute atomic E-state index is 12.4. The number of ether oxygens (including phenoxy) is 1. The number of nitro groups is 1. The molecule has 0 radical (unpaired) electrons. The number of carbonyl (C=O) groups is 1. The van der Waals surface area contributed by atoms with Crippen LogP contribution in [0, 0.1) is 10.1 Å². The zero-order chi connectivity index (χ0) is 22.6. The maximum Gasteiger partial charge on any atom is 0.326 e. The highest BCUT2D eigenvalue weighted by molar-refractivity contribution is 5.76. The van der Waals surface area contributed by atoms with Crippen LogP contribution in [-0.2, 0) is 16.1 Å². The molecule has 2 N–H and O–H groups in total. The summed E-state index contributed by atoms with van der Waals surface area (Å²) in [5.41, 5.74) is 7.12. The Bertz CT molecular complexity index is 1060. The number of benzene rings is 2. The number of nitrogens with two attached hydrogens (primary N) is 1. The van der Waals surface area contributed by atoms with Gasteiger partial charge >= 0.3 is 12.0 Å². The number of anilines is 2. The summed E-state index contributed by atoms with van der Waals surface area (Å²) in [5, 5.41) is 14.7. The van der Waals surface area contributed by atoms with E-state index in [4.69, 9.17) is 15.0 Å². The molecule has 0 fully saturated rings. The zero-order valence-corrected chi connectivity index (χ0v) is 17.4. The van der Waals surface area contributed by atoms with Gasteiger partial charge in [-0.25, -0.2) is 0 Å². The molecule has 0 aliphatic carbocycles. The highest BCUT2D eigenvalue weighted by Crippen LogP contribution is 2.23. The van der Waals surface area contributed by atoms with E-state index >= 15 is 0 Å². The fourth-order valence-electron chi connectivity index (χ4n) is 2.89. The average Bonchev–Trinajstić information content (AvgIpc) is 3.13. The molecule has 3 aromatic rings. The van der Waals surface area contributed by atoms with Crippen molar-refractivity contribution in [1.82, 2.24) is 10.1 Å². The van der Waals surface area contributed by atoms with Crippen LogP contribution in [0.25, 0.3) is 11.4 Å². The van der Waals surface area contributed by atoms with Crippen molar-refractivity contribution in [3.63, 3.8) is 0 Å². The molecule has 0 saturated carbocycles. The molecule has 3 rings (SSSR count). The molecule has 162 valence electrons. The van der Waals surface area contributed by atoms with E-state index in [0.717, 1.165) is 11.1 Å². The summed E-state index contributed by atoms with van der Waals surface area (Å²) in [7, 11) is 0. The fraction of sp³-hybridized carbons (Fsp3) is 0.286. The Morgan fingerprint density at radius 2 is 1.81 bits per heavy atom. The zero-order valence-electron chi connectivity index (χ0n) is 17.4. The molecule has 0 atom stereocenters. The van der Waals surface area contributed by atoms with Crippen LogP contribution in [0.5, 0.6) is 0 Å². The van der Waals surface area contributed by atoms with Gasteiger partial charge in [-0.05, 0) is 38.5 Å². The molecule has 10 heteroatoms. The number of esters is 1. The molecule has 0 bridgehead atoms. The molecule has 0 spiro atoms. The van der Waals surface area contributed by atoms with Crippen molar-refractivity contribution in [2.75, 3.05) is 17.2 Å². The van der Waals surface area contributed by atoms with Crippen molar-refractivity contribution < 1.29 is 19.0 Å². The van der Waals surface area contributed by atoms with Gasteiger partial charge in [0.15, 0.2) is 0 Å². The summed E-state index contributed by atoms with van der Waals surface area (Å²) in [6.07, 6.45) is 0. The van der Waals surface area contributed by atoms with Gasteiger partial charge in [-0.15, -0.1) is 0 Å². The Morgan fingerprint density at radius 1 is 1.16 bits per heavy atom. The summed E-state index contributed by atoms with van der Waals surface area (Å²) in [6, 6.07) is 13.4. The fourth-order valence-corrected chi connectivity index (χ4v) is 2.89. The molecular weight excluding hydrogens is 402 g/mol. The molecule has 0 amide bonds. The van der Waals surface area contributed by atoms with Crippen molar-refractivity contribution >= 4 is 23.4 Å². The average molecular weight is 425 g/mol. The highest BCUT2D eigenvalue weighted by Gasteiger charge is 2.20. The van der Waals surface area contributed by atoms with Gasteiger partial charge < -0.3 is 19.9 Å². The van der Waals surface area contributed by atoms with E-state index in [2.05, 4.69) is 10.1 Å². The second-order valence-corrected chi connectivity index (χ2v) is 7.87. The van der Waals surface area contributed by atoms with Crippen molar-refractivity contribution in [1.29, 1.82) is 0 Å². The summed E-state index contributed by atoms with van der Waals surface area (Å²) in [6.45, 7) is 5.75. The number of nitrogens with zero attached hydrogens (tertiary/aromatic N) is 4. The summed E-state index contributed by atoms with van der Waals surface area (Å²) >= 11 is 0. The monoisotopic (exact) mass is 425 g/mol. The van der Waals surface area contributed by atoms with Gasteiger partial charge in [-0.3, -0.25) is 14.9 Å². The number of nitro benzene ring substituents is 1. The van der Waals surface area contributed by atoms with Gasteiger partial charge in [0.2, 0.25) is 5.82 Å². The first-order chi connectivity index (χ1) is 14.6. The third kappa shape index (κ3) is 6.01. The van der Waals surface area contributed by atoms with Gasteiger partial charge in [0, 0.05) is 29.9 Å². The van der Waals surface area contributed by atoms with E-state index in [-0.39, 0.29) is 18.2 Å². The summed E-state index contributed by atoms with van der Waals surface area (Å²) < 4.78 is 10.2. The van der Waals surface area contributed by atoms with Gasteiger partial charge in [0.1, 0.15) is 12.1 Å². The lowest BCUT2D eigenvalue weighted by Gasteiger charge is -2.27. The van der Waals surface area contributed by atoms with Crippen LogP contribution < -0.4 is 10.6 Å². The van der Waals surface area contributed by atoms with Crippen molar-refractivity contribution in [2.24, 2.45) is 0 Å². The number of hydrogen-bond acceptors (Lipinski definition) is 9. The molecule has 31 heavy (non-hydrogen) atoms. The standard InChI is InChI=1S/C21H23N5O5/c1-21(2,3)30-18(27)13-25(16-8-10-17(11-9-16)26(28)29)12-14-4-6-15(7-5-14)19-23-20(22)31-24-19/h4-11H,12-13H2,1-3H3,(H2,22,23,24). The highest BCUT2D eigenvalue weighted by atomic mass is 16.6. The van der Waals surface area contributed by atoms with Gasteiger partial charge in [0.25, 0.3) is 5.69 Å². The first kappa shape index (κ1) is 21.8. The molecular formula is C21H23N5O5. The smallest absolute Gasteiger partial charge is 0.326 e. The lowest BCUT2D eigenvalue weighted by Crippen LogP contribution is -2.34. The number of hydrogen-bond donors (Lipinski definition) is 1. The lowest BCUT2D eigenvalue weighted by molar-refractivity contribution is -0.384. The second kappa shape index (κ2) is 8.82. The Labute approximate surface area is 178 Å². The van der Waals surface area contributed by atoms with E-state index in [1.165, 1.54) is 12.1 Å². The van der Waals surface area contributed by atoms with Crippen LogP contribution >= 0.6 is 0 Å². The number of nitrogen functional groups attached to an aromatic ring is 1. The minimum absolute atomic E-state index is 0.0132. The first-order valence-corrected chi connectivity index (χ1v) is 9.50. The topological polar surface area (TPSA) is 138 Å². The number of aromatic nitrogens is 2. The van der Waals surface area contributed by atoms with Crippen molar-refractivity contribution in [2.45, 2.75) is 32.9 Å². The van der Waals surface area contributed by atoms with Gasteiger partial charge in [-0.2, -0.15) is 4.98 Å². The molecule has 1 heterocycles. The predicted molar refractivity (Wildman–Crippen MR) is 114 cm³/mol. The van der Waals surface area contributed by atoms with Crippen LogP contribution in [-0.4, -0.2) is 33.2 Å². The Balaban J connectivity index is 1.81. The molecule has 0 aliphatic rings. The minimum atomic E-state index is -0.619. The molecule has 10 nitrogen and oxygen atoms in total. The maximum atomic E-state index is 12.4. The lowest BCUT2D eigenvalue weighted by atomic mass is 10.1. The SMILES string of the molecule is CC(C)(C)OC(=O)CN(Cc1ccc(-c2noc(N)n2)cc1)c1ccc([N+](=O)[O-])cc1. The summed E-state index contributed by atoms with van der Waals surface area (Å²) in [5.74, 6) is -0.0187. The molecule has 1 aromatic heterocycles. The van der Waals surface area contributed by atoms with E-state index in [1.807, 2.05) is 24.3 Å². The molecule has 0 aliphatic heterocycles. The Hall–Kier alpha value is -3.95. The molecule has 2 aromatic carbocycles. The largest absolute Gasteiger partial charge is 0.459 e. The third-order valence-electron chi connectivity index (χ3n) is 4.19. The third-order valence-corrected chi connectivity index (χ3v) is 4.19. The van der Waals surface area contributed by atoms with Crippen molar-refractivity contribution in [3.8, 4) is 11.4 Å². The Morgan fingerprint density at radius 3 is 2.32 bits per heavy atom. The van der Waals surface area contributed by atoms with Crippen LogP contribution in [0.4, 0.5) is 17.4 Å². The van der Waals surface area contributed by atoms with E-state index in [9.17, 15) is 14.9 Å². The van der Waals surface area contributed by atoms with Gasteiger partial charge in [0.05, 0.1) is 4.92 Å². The second-order valence-electron chi connectivity index (χ2n) is 7.87. The van der Waals surface area contributed by atoms with E-state index in [0.29, 0.717) is 18.1 Å². The number of non-ortho nitro benzene ring substituents is 1. The Kier molecular flexibility index (Phi) is 6.19. The molecule has 0 saturated heterocycles.